The fourth-order valence-electron chi connectivity index (χ4n) is 2.20. The molecular weight excluding hydrogens is 292 g/mol. The summed E-state index contributed by atoms with van der Waals surface area (Å²) in [5, 5.41) is 6.10. The van der Waals surface area contributed by atoms with E-state index in [0.717, 1.165) is 22.7 Å². The van der Waals surface area contributed by atoms with Crippen LogP contribution in [0.1, 0.15) is 12.0 Å². The number of anilines is 1. The van der Waals surface area contributed by atoms with Gasteiger partial charge in [-0.1, -0.05) is 24.3 Å². The second-order valence-corrected chi connectivity index (χ2v) is 5.02. The SMILES string of the molecule is COc1cccc(NC(=O)CCNCc2ccccc2OC)c1. The second kappa shape index (κ2) is 8.80. The molecule has 0 spiro atoms. The van der Waals surface area contributed by atoms with Gasteiger partial charge in [0.2, 0.25) is 5.91 Å². The summed E-state index contributed by atoms with van der Waals surface area (Å²) in [5.74, 6) is 1.53. The van der Waals surface area contributed by atoms with Crippen molar-refractivity contribution >= 4 is 11.6 Å². The van der Waals surface area contributed by atoms with E-state index in [1.807, 2.05) is 42.5 Å². The summed E-state index contributed by atoms with van der Waals surface area (Å²) in [5.41, 5.74) is 1.81. The minimum atomic E-state index is -0.0363. The zero-order chi connectivity index (χ0) is 16.5. The van der Waals surface area contributed by atoms with E-state index in [0.29, 0.717) is 19.5 Å². The van der Waals surface area contributed by atoms with E-state index in [1.54, 1.807) is 20.3 Å². The fourth-order valence-corrected chi connectivity index (χ4v) is 2.20. The lowest BCUT2D eigenvalue weighted by Gasteiger charge is -2.10. The molecule has 0 saturated carbocycles. The normalized spacial score (nSPS) is 10.2. The second-order valence-electron chi connectivity index (χ2n) is 5.02. The summed E-state index contributed by atoms with van der Waals surface area (Å²) < 4.78 is 10.4. The van der Waals surface area contributed by atoms with Crippen LogP contribution in [0.25, 0.3) is 0 Å². The molecule has 1 amide bonds. The van der Waals surface area contributed by atoms with Gasteiger partial charge in [-0.05, 0) is 18.2 Å². The molecule has 2 N–H and O–H groups in total. The van der Waals surface area contributed by atoms with Gasteiger partial charge >= 0.3 is 0 Å². The van der Waals surface area contributed by atoms with Gasteiger partial charge in [0.05, 0.1) is 14.2 Å². The Bertz CT molecular complexity index is 644. The standard InChI is InChI=1S/C18H22N2O3/c1-22-16-8-5-7-15(12-16)20-18(21)10-11-19-13-14-6-3-4-9-17(14)23-2/h3-9,12,19H,10-11,13H2,1-2H3,(H,20,21). The Labute approximate surface area is 136 Å². The fraction of sp³-hybridized carbons (Fsp3) is 0.278. The molecule has 2 aromatic rings. The quantitative estimate of drug-likeness (QED) is 0.736. The Morgan fingerprint density at radius 2 is 1.87 bits per heavy atom. The first-order valence-electron chi connectivity index (χ1n) is 7.49. The lowest BCUT2D eigenvalue weighted by molar-refractivity contribution is -0.116. The lowest BCUT2D eigenvalue weighted by atomic mass is 10.2. The van der Waals surface area contributed by atoms with Gasteiger partial charge in [0.15, 0.2) is 0 Å². The van der Waals surface area contributed by atoms with Gasteiger partial charge in [0, 0.05) is 36.8 Å². The Balaban J connectivity index is 1.74. The van der Waals surface area contributed by atoms with Crippen molar-refractivity contribution in [2.45, 2.75) is 13.0 Å². The maximum absolute atomic E-state index is 11.9. The summed E-state index contributed by atoms with van der Waals surface area (Å²) in [6.45, 7) is 1.25. The Hall–Kier alpha value is -2.53. The van der Waals surface area contributed by atoms with Crippen LogP contribution in [0.2, 0.25) is 0 Å². The van der Waals surface area contributed by atoms with Gasteiger partial charge < -0.3 is 20.1 Å². The van der Waals surface area contributed by atoms with Gasteiger partial charge in [0.1, 0.15) is 11.5 Å². The molecule has 0 radical (unpaired) electrons. The molecule has 0 aliphatic heterocycles. The smallest absolute Gasteiger partial charge is 0.225 e. The highest BCUT2D eigenvalue weighted by atomic mass is 16.5. The number of rotatable bonds is 8. The van der Waals surface area contributed by atoms with E-state index < -0.39 is 0 Å². The minimum absolute atomic E-state index is 0.0363. The van der Waals surface area contributed by atoms with Gasteiger partial charge in [-0.3, -0.25) is 4.79 Å². The number of methoxy groups -OCH3 is 2. The van der Waals surface area contributed by atoms with Gasteiger partial charge in [-0.25, -0.2) is 0 Å². The monoisotopic (exact) mass is 314 g/mol. The average Bonchev–Trinajstić information content (AvgIpc) is 2.59. The van der Waals surface area contributed by atoms with Gasteiger partial charge in [-0.2, -0.15) is 0 Å². The Morgan fingerprint density at radius 3 is 2.65 bits per heavy atom. The molecule has 5 nitrogen and oxygen atoms in total. The van der Waals surface area contributed by atoms with Crippen LogP contribution >= 0.6 is 0 Å². The third kappa shape index (κ3) is 5.30. The van der Waals surface area contributed by atoms with Crippen molar-refractivity contribution in [3.05, 3.63) is 54.1 Å². The van der Waals surface area contributed by atoms with Crippen LogP contribution < -0.4 is 20.1 Å². The minimum Gasteiger partial charge on any atom is -0.497 e. The number of carbonyl (C=O) groups excluding carboxylic acids is 1. The molecule has 0 saturated heterocycles. The molecule has 0 unspecified atom stereocenters. The summed E-state index contributed by atoms with van der Waals surface area (Å²) in [4.78, 5) is 11.9. The van der Waals surface area contributed by atoms with Crippen molar-refractivity contribution < 1.29 is 14.3 Å². The van der Waals surface area contributed by atoms with E-state index in [-0.39, 0.29) is 5.91 Å². The number of para-hydroxylation sites is 1. The van der Waals surface area contributed by atoms with Crippen LogP contribution in [0.3, 0.4) is 0 Å². The number of hydrogen-bond acceptors (Lipinski definition) is 4. The molecule has 5 heteroatoms. The first-order chi connectivity index (χ1) is 11.2. The van der Waals surface area contributed by atoms with Crippen LogP contribution in [0.15, 0.2) is 48.5 Å². The maximum Gasteiger partial charge on any atom is 0.225 e. The third-order valence-electron chi connectivity index (χ3n) is 3.39. The molecular formula is C18H22N2O3. The molecule has 0 atom stereocenters. The van der Waals surface area contributed by atoms with Crippen LogP contribution in [0, 0.1) is 0 Å². The van der Waals surface area contributed by atoms with Crippen molar-refractivity contribution in [1.82, 2.24) is 5.32 Å². The number of ether oxygens (including phenoxy) is 2. The number of nitrogens with one attached hydrogen (secondary N) is 2. The summed E-state index contributed by atoms with van der Waals surface area (Å²) in [6.07, 6.45) is 0.395. The molecule has 0 fully saturated rings. The van der Waals surface area contributed by atoms with Crippen molar-refractivity contribution in [2.24, 2.45) is 0 Å². The summed E-state index contributed by atoms with van der Waals surface area (Å²) >= 11 is 0. The van der Waals surface area contributed by atoms with Crippen molar-refractivity contribution in [3.8, 4) is 11.5 Å². The topological polar surface area (TPSA) is 59.6 Å². The van der Waals surface area contributed by atoms with Gasteiger partial charge in [-0.15, -0.1) is 0 Å². The van der Waals surface area contributed by atoms with Crippen LogP contribution in [-0.4, -0.2) is 26.7 Å². The summed E-state index contributed by atoms with van der Waals surface area (Å²) in [6, 6.07) is 15.1. The molecule has 0 aromatic heterocycles. The predicted octanol–water partition coefficient (Wildman–Crippen LogP) is 2.82. The Morgan fingerprint density at radius 1 is 1.04 bits per heavy atom. The summed E-state index contributed by atoms with van der Waals surface area (Å²) in [7, 11) is 3.25. The van der Waals surface area contributed by atoms with E-state index >= 15 is 0 Å². The molecule has 0 bridgehead atoms. The molecule has 23 heavy (non-hydrogen) atoms. The highest BCUT2D eigenvalue weighted by Gasteiger charge is 2.04. The number of benzene rings is 2. The third-order valence-corrected chi connectivity index (χ3v) is 3.39. The molecule has 2 rings (SSSR count). The largest absolute Gasteiger partial charge is 0.497 e. The number of hydrogen-bond donors (Lipinski definition) is 2. The molecule has 122 valence electrons. The average molecular weight is 314 g/mol. The van der Waals surface area contributed by atoms with Crippen molar-refractivity contribution in [2.75, 3.05) is 26.1 Å². The number of carbonyl (C=O) groups is 1. The number of amides is 1. The first-order valence-corrected chi connectivity index (χ1v) is 7.49. The lowest BCUT2D eigenvalue weighted by Crippen LogP contribution is -2.21. The van der Waals surface area contributed by atoms with E-state index in [2.05, 4.69) is 10.6 Å². The highest BCUT2D eigenvalue weighted by molar-refractivity contribution is 5.90. The molecule has 0 heterocycles. The van der Waals surface area contributed by atoms with Crippen molar-refractivity contribution in [1.29, 1.82) is 0 Å². The van der Waals surface area contributed by atoms with Crippen molar-refractivity contribution in [3.63, 3.8) is 0 Å². The zero-order valence-electron chi connectivity index (χ0n) is 13.5. The highest BCUT2D eigenvalue weighted by Crippen LogP contribution is 2.17. The van der Waals surface area contributed by atoms with E-state index in [9.17, 15) is 4.79 Å². The van der Waals surface area contributed by atoms with E-state index in [4.69, 9.17) is 9.47 Å². The van der Waals surface area contributed by atoms with Crippen LogP contribution in [-0.2, 0) is 11.3 Å². The van der Waals surface area contributed by atoms with E-state index in [1.165, 1.54) is 0 Å². The maximum atomic E-state index is 11.9. The molecule has 0 aliphatic rings. The predicted molar refractivity (Wildman–Crippen MR) is 90.9 cm³/mol. The van der Waals surface area contributed by atoms with Crippen LogP contribution in [0.4, 0.5) is 5.69 Å². The first kappa shape index (κ1) is 16.8. The zero-order valence-corrected chi connectivity index (χ0v) is 13.5. The molecule has 2 aromatic carbocycles. The van der Waals surface area contributed by atoms with Gasteiger partial charge in [0.25, 0.3) is 0 Å². The molecule has 0 aliphatic carbocycles. The van der Waals surface area contributed by atoms with Crippen LogP contribution in [0.5, 0.6) is 11.5 Å². The Kier molecular flexibility index (Phi) is 6.44.